The molecule has 1 aliphatic rings. The lowest BCUT2D eigenvalue weighted by molar-refractivity contribution is -0.116. The first-order valence-corrected chi connectivity index (χ1v) is 2.00. The third kappa shape index (κ3) is 0.506. The molecule has 0 spiro atoms. The van der Waals surface area contributed by atoms with Gasteiger partial charge in [0.2, 0.25) is 5.91 Å². The van der Waals surface area contributed by atoms with E-state index in [1.54, 1.807) is 6.42 Å². The Morgan fingerprint density at radius 3 is 2.83 bits per heavy atom. The Balaban J connectivity index is 2.37. The maximum absolute atomic E-state index is 10.1. The fourth-order valence-corrected chi connectivity index (χ4v) is 0.471. The summed E-state index contributed by atoms with van der Waals surface area (Å²) in [4.78, 5) is 10.1. The molecule has 1 saturated heterocycles. The van der Waals surface area contributed by atoms with Crippen LogP contribution in [0.15, 0.2) is 0 Å². The molecule has 0 bridgehead atoms. The van der Waals surface area contributed by atoms with Crippen molar-refractivity contribution in [2.75, 3.05) is 6.54 Å². The highest BCUT2D eigenvalue weighted by molar-refractivity contribution is 5.86. The first kappa shape index (κ1) is 3.65. The highest BCUT2D eigenvalue weighted by Gasteiger charge is 2.06. The van der Waals surface area contributed by atoms with Gasteiger partial charge in [0.15, 0.2) is 0 Å². The molecule has 33 valence electrons. The molecule has 1 radical (unpaired) electrons. The molecular weight excluding hydrogens is 78.0 g/mol. The van der Waals surface area contributed by atoms with Crippen LogP contribution < -0.4 is 5.32 Å². The molecule has 0 aliphatic carbocycles. The third-order valence-electron chi connectivity index (χ3n) is 0.773. The van der Waals surface area contributed by atoms with E-state index in [1.165, 1.54) is 0 Å². The topological polar surface area (TPSA) is 29.1 Å². The number of rotatable bonds is 0. The van der Waals surface area contributed by atoms with Crippen LogP contribution in [-0.4, -0.2) is 12.5 Å². The standard InChI is InChI=1S/C4H6NO/c6-4-2-1-3-5-4/h2H,1,3H2,(H,5,6). The zero-order chi connectivity index (χ0) is 4.41. The van der Waals surface area contributed by atoms with Crippen molar-refractivity contribution >= 4 is 5.91 Å². The molecule has 6 heavy (non-hydrogen) atoms. The molecule has 1 aliphatic heterocycles. The summed E-state index contributed by atoms with van der Waals surface area (Å²) in [5.41, 5.74) is 0. The number of hydrogen-bond acceptors (Lipinski definition) is 1. The Kier molecular flexibility index (Phi) is 0.783. The van der Waals surface area contributed by atoms with Crippen LogP contribution in [0.4, 0.5) is 0 Å². The van der Waals surface area contributed by atoms with Gasteiger partial charge in [-0.15, -0.1) is 0 Å². The summed E-state index contributed by atoms with van der Waals surface area (Å²) in [5, 5.41) is 2.62. The quantitative estimate of drug-likeness (QED) is 0.429. The van der Waals surface area contributed by atoms with Crippen molar-refractivity contribution in [3.63, 3.8) is 0 Å². The average Bonchev–Trinajstić information content (AvgIpc) is 1.86. The highest BCUT2D eigenvalue weighted by atomic mass is 16.1. The second kappa shape index (κ2) is 1.29. The highest BCUT2D eigenvalue weighted by Crippen LogP contribution is 1.91. The summed E-state index contributed by atoms with van der Waals surface area (Å²) < 4.78 is 0. The zero-order valence-corrected chi connectivity index (χ0v) is 3.40. The van der Waals surface area contributed by atoms with Crippen molar-refractivity contribution in [3.05, 3.63) is 6.42 Å². The maximum Gasteiger partial charge on any atom is 0.223 e. The van der Waals surface area contributed by atoms with Gasteiger partial charge in [-0.1, -0.05) is 0 Å². The SMILES string of the molecule is O=C1[CH]CCN1. The van der Waals surface area contributed by atoms with Crippen LogP contribution in [0.1, 0.15) is 6.42 Å². The van der Waals surface area contributed by atoms with E-state index in [0.717, 1.165) is 13.0 Å². The van der Waals surface area contributed by atoms with Gasteiger partial charge in [-0.05, 0) is 6.42 Å². The van der Waals surface area contributed by atoms with Gasteiger partial charge in [-0.2, -0.15) is 0 Å². The summed E-state index contributed by atoms with van der Waals surface area (Å²) in [7, 11) is 0. The average molecular weight is 84.1 g/mol. The lowest BCUT2D eigenvalue weighted by Crippen LogP contribution is -2.12. The third-order valence-corrected chi connectivity index (χ3v) is 0.773. The lowest BCUT2D eigenvalue weighted by Gasteiger charge is -1.79. The lowest BCUT2D eigenvalue weighted by atomic mass is 10.4. The van der Waals surface area contributed by atoms with Crippen molar-refractivity contribution in [2.45, 2.75) is 6.42 Å². The van der Waals surface area contributed by atoms with Crippen LogP contribution in [0, 0.1) is 6.42 Å². The van der Waals surface area contributed by atoms with Crippen molar-refractivity contribution in [1.82, 2.24) is 5.32 Å². The Morgan fingerprint density at radius 1 is 1.83 bits per heavy atom. The van der Waals surface area contributed by atoms with Crippen molar-refractivity contribution < 1.29 is 4.79 Å². The Morgan fingerprint density at radius 2 is 2.67 bits per heavy atom. The van der Waals surface area contributed by atoms with Gasteiger partial charge >= 0.3 is 0 Å². The Bertz CT molecular complexity index is 61.9. The monoisotopic (exact) mass is 84.0 g/mol. The molecule has 1 fully saturated rings. The summed E-state index contributed by atoms with van der Waals surface area (Å²) in [6, 6.07) is 0. The number of amides is 1. The van der Waals surface area contributed by atoms with Gasteiger partial charge in [0.05, 0.1) is 6.42 Å². The zero-order valence-electron chi connectivity index (χ0n) is 3.40. The van der Waals surface area contributed by atoms with E-state index in [9.17, 15) is 4.79 Å². The van der Waals surface area contributed by atoms with Crippen LogP contribution in [0.25, 0.3) is 0 Å². The molecule has 1 amide bonds. The van der Waals surface area contributed by atoms with E-state index in [1.807, 2.05) is 0 Å². The van der Waals surface area contributed by atoms with Crippen LogP contribution in [-0.2, 0) is 4.79 Å². The smallest absolute Gasteiger partial charge is 0.223 e. The summed E-state index contributed by atoms with van der Waals surface area (Å²) in [6.07, 6.45) is 2.55. The summed E-state index contributed by atoms with van der Waals surface area (Å²) in [5.74, 6) is 0.0787. The molecule has 1 heterocycles. The molecule has 0 aromatic carbocycles. The Labute approximate surface area is 36.5 Å². The van der Waals surface area contributed by atoms with Gasteiger partial charge in [-0.3, -0.25) is 4.79 Å². The minimum Gasteiger partial charge on any atom is -0.356 e. The van der Waals surface area contributed by atoms with Crippen molar-refractivity contribution in [1.29, 1.82) is 0 Å². The van der Waals surface area contributed by atoms with Crippen molar-refractivity contribution in [2.24, 2.45) is 0 Å². The van der Waals surface area contributed by atoms with Crippen LogP contribution in [0.2, 0.25) is 0 Å². The first-order valence-electron chi connectivity index (χ1n) is 2.00. The largest absolute Gasteiger partial charge is 0.356 e. The van der Waals surface area contributed by atoms with E-state index in [-0.39, 0.29) is 5.91 Å². The second-order valence-electron chi connectivity index (χ2n) is 1.28. The number of nitrogens with one attached hydrogen (secondary N) is 1. The second-order valence-corrected chi connectivity index (χ2v) is 1.28. The van der Waals surface area contributed by atoms with Gasteiger partial charge in [0.25, 0.3) is 0 Å². The van der Waals surface area contributed by atoms with Crippen LogP contribution in [0.3, 0.4) is 0 Å². The normalized spacial score (nSPS) is 21.0. The van der Waals surface area contributed by atoms with Gasteiger partial charge in [0, 0.05) is 6.54 Å². The van der Waals surface area contributed by atoms with E-state index in [2.05, 4.69) is 5.32 Å². The van der Waals surface area contributed by atoms with E-state index < -0.39 is 0 Å². The van der Waals surface area contributed by atoms with E-state index in [4.69, 9.17) is 0 Å². The summed E-state index contributed by atoms with van der Waals surface area (Å²) >= 11 is 0. The van der Waals surface area contributed by atoms with E-state index in [0.29, 0.717) is 0 Å². The minimum absolute atomic E-state index is 0.0787. The first-order chi connectivity index (χ1) is 2.89. The van der Waals surface area contributed by atoms with Crippen LogP contribution >= 0.6 is 0 Å². The molecule has 2 nitrogen and oxygen atoms in total. The maximum atomic E-state index is 10.1. The van der Waals surface area contributed by atoms with Crippen LogP contribution in [0.5, 0.6) is 0 Å². The number of hydrogen-bond donors (Lipinski definition) is 1. The molecule has 0 aromatic heterocycles. The summed E-state index contributed by atoms with van der Waals surface area (Å²) in [6.45, 7) is 0.832. The fraction of sp³-hybridized carbons (Fsp3) is 0.500. The fourth-order valence-electron chi connectivity index (χ4n) is 0.471. The molecular formula is C4H6NO. The predicted octanol–water partition coefficient (Wildman–Crippen LogP) is -0.289. The minimum atomic E-state index is 0.0787. The molecule has 2 heteroatoms. The molecule has 0 saturated carbocycles. The number of carbonyl (C=O) groups excluding carboxylic acids is 1. The van der Waals surface area contributed by atoms with Gasteiger partial charge in [0.1, 0.15) is 0 Å². The molecule has 0 atom stereocenters. The number of carbonyl (C=O) groups is 1. The van der Waals surface area contributed by atoms with Gasteiger partial charge in [-0.25, -0.2) is 0 Å². The van der Waals surface area contributed by atoms with Gasteiger partial charge < -0.3 is 5.32 Å². The van der Waals surface area contributed by atoms with E-state index >= 15 is 0 Å². The predicted molar refractivity (Wildman–Crippen MR) is 21.9 cm³/mol. The molecule has 0 unspecified atom stereocenters. The molecule has 1 N–H and O–H groups in total. The Hall–Kier alpha value is -0.530. The van der Waals surface area contributed by atoms with Crippen molar-refractivity contribution in [3.8, 4) is 0 Å². The molecule has 0 aromatic rings. The molecule has 1 rings (SSSR count).